The Bertz CT molecular complexity index is 898. The van der Waals surface area contributed by atoms with E-state index >= 15 is 0 Å². The molecule has 5 nitrogen and oxygen atoms in total. The van der Waals surface area contributed by atoms with E-state index in [1.807, 2.05) is 36.9 Å². The van der Waals surface area contributed by atoms with Gasteiger partial charge in [-0.3, -0.25) is 9.59 Å². The smallest absolute Gasteiger partial charge is 0.257 e. The van der Waals surface area contributed by atoms with Gasteiger partial charge in [-0.25, -0.2) is 0 Å². The molecular weight excluding hydrogens is 384 g/mol. The fraction of sp³-hybridized carbons (Fsp3) is 0.478. The third-order valence-electron chi connectivity index (χ3n) is 5.70. The molecule has 1 aromatic carbocycles. The second kappa shape index (κ2) is 8.28. The summed E-state index contributed by atoms with van der Waals surface area (Å²) in [4.78, 5) is 29.5. The van der Waals surface area contributed by atoms with E-state index in [-0.39, 0.29) is 24.0 Å². The Hall–Kier alpha value is -2.18. The van der Waals surface area contributed by atoms with Crippen molar-refractivity contribution >= 4 is 28.2 Å². The number of carbonyl (C=O) groups is 2. The molecule has 6 heteroatoms. The number of fused-ring (bicyclic) bond motifs is 1. The number of rotatable bonds is 3. The van der Waals surface area contributed by atoms with Crippen LogP contribution >= 0.6 is 11.3 Å². The summed E-state index contributed by atoms with van der Waals surface area (Å²) in [6.45, 7) is 7.40. The van der Waals surface area contributed by atoms with E-state index in [1.165, 1.54) is 4.88 Å². The molecule has 1 saturated heterocycles. The maximum atomic E-state index is 13.6. The maximum Gasteiger partial charge on any atom is 0.257 e. The predicted molar refractivity (Wildman–Crippen MR) is 116 cm³/mol. The van der Waals surface area contributed by atoms with Crippen LogP contribution in [-0.2, 0) is 17.6 Å². The lowest BCUT2D eigenvalue weighted by molar-refractivity contribution is -0.0586. The molecule has 1 aliphatic carbocycles. The number of carbonyl (C=O) groups excluding carboxylic acids is 2. The van der Waals surface area contributed by atoms with Crippen molar-refractivity contribution in [2.75, 3.05) is 18.4 Å². The van der Waals surface area contributed by atoms with Crippen molar-refractivity contribution in [1.29, 1.82) is 0 Å². The van der Waals surface area contributed by atoms with Crippen molar-refractivity contribution < 1.29 is 14.3 Å². The third-order valence-corrected chi connectivity index (χ3v) is 6.87. The summed E-state index contributed by atoms with van der Waals surface area (Å²) in [6.07, 6.45) is 2.97. The quantitative estimate of drug-likeness (QED) is 0.814. The number of thiophene rings is 1. The first-order valence-corrected chi connectivity index (χ1v) is 11.2. The summed E-state index contributed by atoms with van der Waals surface area (Å²) in [5.41, 5.74) is 2.43. The molecule has 0 saturated carbocycles. The second-order valence-corrected chi connectivity index (χ2v) is 9.45. The van der Waals surface area contributed by atoms with Gasteiger partial charge in [0.15, 0.2) is 0 Å². The predicted octanol–water partition coefficient (Wildman–Crippen LogP) is 4.37. The van der Waals surface area contributed by atoms with Crippen LogP contribution in [-0.4, -0.2) is 42.0 Å². The zero-order valence-corrected chi connectivity index (χ0v) is 18.1. The summed E-state index contributed by atoms with van der Waals surface area (Å²) in [6, 6.07) is 9.16. The number of anilines is 1. The first-order chi connectivity index (χ1) is 13.9. The Morgan fingerprint density at radius 2 is 1.79 bits per heavy atom. The van der Waals surface area contributed by atoms with E-state index < -0.39 is 0 Å². The lowest BCUT2D eigenvalue weighted by atomic mass is 9.88. The van der Waals surface area contributed by atoms with E-state index in [0.717, 1.165) is 24.8 Å². The van der Waals surface area contributed by atoms with Gasteiger partial charge < -0.3 is 15.0 Å². The van der Waals surface area contributed by atoms with Crippen molar-refractivity contribution in [3.05, 3.63) is 51.9 Å². The largest absolute Gasteiger partial charge is 0.372 e. The molecule has 2 amide bonds. The van der Waals surface area contributed by atoms with Gasteiger partial charge >= 0.3 is 0 Å². The Morgan fingerprint density at radius 1 is 1.10 bits per heavy atom. The molecule has 3 atom stereocenters. The van der Waals surface area contributed by atoms with Crippen LogP contribution in [0.5, 0.6) is 0 Å². The standard InChI is InChI=1S/C23H28N2O3S/c1-14-9-10-18-19(11-14)29-22(24-21(26)17-7-5-4-6-8-17)20(18)23(27)25-12-15(2)28-16(3)13-25/h4-8,14-16H,9-13H2,1-3H3,(H,24,26)/t14-,15-,16+/m0/s1. The van der Waals surface area contributed by atoms with Crippen molar-refractivity contribution in [2.24, 2.45) is 5.92 Å². The van der Waals surface area contributed by atoms with Crippen molar-refractivity contribution in [1.82, 2.24) is 4.90 Å². The van der Waals surface area contributed by atoms with Gasteiger partial charge in [-0.15, -0.1) is 11.3 Å². The van der Waals surface area contributed by atoms with Gasteiger partial charge in [-0.05, 0) is 56.7 Å². The van der Waals surface area contributed by atoms with Gasteiger partial charge in [0, 0.05) is 23.5 Å². The van der Waals surface area contributed by atoms with Crippen LogP contribution in [0.15, 0.2) is 30.3 Å². The highest BCUT2D eigenvalue weighted by molar-refractivity contribution is 7.17. The Labute approximate surface area is 176 Å². The number of ether oxygens (including phenoxy) is 1. The Balaban J connectivity index is 1.68. The second-order valence-electron chi connectivity index (χ2n) is 8.34. The van der Waals surface area contributed by atoms with Crippen LogP contribution in [0.1, 0.15) is 58.3 Å². The molecule has 2 aliphatic rings. The van der Waals surface area contributed by atoms with Gasteiger partial charge in [0.25, 0.3) is 11.8 Å². The summed E-state index contributed by atoms with van der Waals surface area (Å²) in [5.74, 6) is 0.447. The fourth-order valence-corrected chi connectivity index (χ4v) is 5.73. The Kier molecular flexibility index (Phi) is 5.74. The first-order valence-electron chi connectivity index (χ1n) is 10.4. The molecule has 0 unspecified atom stereocenters. The van der Waals surface area contributed by atoms with Crippen LogP contribution in [0.2, 0.25) is 0 Å². The lowest BCUT2D eigenvalue weighted by Crippen LogP contribution is -2.48. The summed E-state index contributed by atoms with van der Waals surface area (Å²) >= 11 is 1.57. The number of benzene rings is 1. The number of morpholine rings is 1. The van der Waals surface area contributed by atoms with Crippen LogP contribution in [0.4, 0.5) is 5.00 Å². The molecule has 29 heavy (non-hydrogen) atoms. The van der Waals surface area contributed by atoms with E-state index in [9.17, 15) is 9.59 Å². The zero-order valence-electron chi connectivity index (χ0n) is 17.2. The third kappa shape index (κ3) is 4.23. The highest BCUT2D eigenvalue weighted by atomic mass is 32.1. The van der Waals surface area contributed by atoms with Crippen molar-refractivity contribution in [3.63, 3.8) is 0 Å². The molecule has 1 N–H and O–H groups in total. The molecule has 154 valence electrons. The molecular formula is C23H28N2O3S. The SMILES string of the molecule is C[C@H]1CCc2c(sc(NC(=O)c3ccccc3)c2C(=O)N2C[C@@H](C)O[C@@H](C)C2)C1. The molecule has 1 aliphatic heterocycles. The number of hydrogen-bond acceptors (Lipinski definition) is 4. The van der Waals surface area contributed by atoms with Crippen molar-refractivity contribution in [2.45, 2.75) is 52.2 Å². The molecule has 2 aromatic rings. The minimum Gasteiger partial charge on any atom is -0.372 e. The number of nitrogens with zero attached hydrogens (tertiary/aromatic N) is 1. The molecule has 0 spiro atoms. The lowest BCUT2D eigenvalue weighted by Gasteiger charge is -2.35. The zero-order chi connectivity index (χ0) is 20.5. The molecule has 2 heterocycles. The highest BCUT2D eigenvalue weighted by Gasteiger charge is 2.33. The summed E-state index contributed by atoms with van der Waals surface area (Å²) < 4.78 is 5.80. The molecule has 0 radical (unpaired) electrons. The highest BCUT2D eigenvalue weighted by Crippen LogP contribution is 2.40. The number of amides is 2. The van der Waals surface area contributed by atoms with Gasteiger partial charge in [0.2, 0.25) is 0 Å². The minimum atomic E-state index is -0.171. The van der Waals surface area contributed by atoms with Crippen molar-refractivity contribution in [3.8, 4) is 0 Å². The molecule has 1 fully saturated rings. The number of nitrogens with one attached hydrogen (secondary N) is 1. The first kappa shape index (κ1) is 20.1. The van der Waals surface area contributed by atoms with Gasteiger partial charge in [0.05, 0.1) is 17.8 Å². The van der Waals surface area contributed by atoms with E-state index in [1.54, 1.807) is 23.5 Å². The van der Waals surface area contributed by atoms with Crippen LogP contribution in [0.3, 0.4) is 0 Å². The van der Waals surface area contributed by atoms with Crippen LogP contribution in [0.25, 0.3) is 0 Å². The fourth-order valence-electron chi connectivity index (χ4n) is 4.33. The monoisotopic (exact) mass is 412 g/mol. The molecule has 0 bridgehead atoms. The topological polar surface area (TPSA) is 58.6 Å². The Morgan fingerprint density at radius 3 is 2.48 bits per heavy atom. The molecule has 1 aromatic heterocycles. The average molecular weight is 413 g/mol. The molecule has 4 rings (SSSR count). The number of hydrogen-bond donors (Lipinski definition) is 1. The van der Waals surface area contributed by atoms with E-state index in [0.29, 0.717) is 35.1 Å². The van der Waals surface area contributed by atoms with E-state index in [2.05, 4.69) is 12.2 Å². The van der Waals surface area contributed by atoms with Crippen LogP contribution in [0, 0.1) is 5.92 Å². The van der Waals surface area contributed by atoms with Gasteiger partial charge in [-0.2, -0.15) is 0 Å². The van der Waals surface area contributed by atoms with Gasteiger partial charge in [-0.1, -0.05) is 25.1 Å². The van der Waals surface area contributed by atoms with E-state index in [4.69, 9.17) is 4.74 Å². The minimum absolute atomic E-state index is 0.0135. The van der Waals surface area contributed by atoms with Crippen LogP contribution < -0.4 is 5.32 Å². The summed E-state index contributed by atoms with van der Waals surface area (Å²) in [5, 5.41) is 3.73. The summed E-state index contributed by atoms with van der Waals surface area (Å²) in [7, 11) is 0. The normalized spacial score (nSPS) is 24.1. The average Bonchev–Trinajstić information content (AvgIpc) is 3.04. The van der Waals surface area contributed by atoms with Gasteiger partial charge in [0.1, 0.15) is 5.00 Å². The maximum absolute atomic E-state index is 13.6.